The highest BCUT2D eigenvalue weighted by Gasteiger charge is 2.32. The number of β-amino-alcohol motifs (C(OH)–C–C–N with tert-alkyl or cyclic N) is 1. The first-order valence-electron chi connectivity index (χ1n) is 8.17. The van der Waals surface area contributed by atoms with Gasteiger partial charge in [-0.3, -0.25) is 14.6 Å². The maximum absolute atomic E-state index is 9.36. The van der Waals surface area contributed by atoms with Crippen LogP contribution < -0.4 is 0 Å². The molecule has 0 aliphatic carbocycles. The van der Waals surface area contributed by atoms with Crippen LogP contribution in [0.15, 0.2) is 36.4 Å². The molecule has 2 fully saturated rings. The van der Waals surface area contributed by atoms with Crippen molar-refractivity contribution in [3.8, 4) is 0 Å². The molecule has 0 spiro atoms. The highest BCUT2D eigenvalue weighted by atomic mass is 16.3. The number of aliphatic hydroxyl groups excluding tert-OH is 1. The van der Waals surface area contributed by atoms with Crippen molar-refractivity contribution in [1.82, 2.24) is 9.80 Å². The third-order valence-electron chi connectivity index (χ3n) is 4.44. The Morgan fingerprint density at radius 1 is 1.13 bits per heavy atom. The van der Waals surface area contributed by atoms with Gasteiger partial charge in [0.1, 0.15) is 0 Å². The molecule has 0 amide bonds. The predicted octanol–water partition coefficient (Wildman–Crippen LogP) is 1.54. The highest BCUT2D eigenvalue weighted by Crippen LogP contribution is 2.21. The molecule has 5 heteroatoms. The van der Waals surface area contributed by atoms with E-state index in [-0.39, 0.29) is 12.6 Å². The Bertz CT molecular complexity index is 478. The summed E-state index contributed by atoms with van der Waals surface area (Å²) in [7, 11) is 0. The number of hydrogen-bond acceptors (Lipinski definition) is 4. The Morgan fingerprint density at radius 2 is 1.74 bits per heavy atom. The van der Waals surface area contributed by atoms with Crippen molar-refractivity contribution < 1.29 is 15.0 Å². The largest absolute Gasteiger partial charge is 0.483 e. The van der Waals surface area contributed by atoms with Crippen molar-refractivity contribution in [2.45, 2.75) is 25.0 Å². The number of benzene rings is 1. The van der Waals surface area contributed by atoms with Crippen molar-refractivity contribution in [3.05, 3.63) is 42.0 Å². The number of nitrogens with zero attached hydrogens (tertiary/aromatic N) is 2. The molecule has 5 nitrogen and oxygen atoms in total. The second-order valence-electron chi connectivity index (χ2n) is 6.06. The zero-order chi connectivity index (χ0) is 16.5. The maximum atomic E-state index is 9.36. The summed E-state index contributed by atoms with van der Waals surface area (Å²) in [6.45, 7) is 4.92. The number of aliphatic hydroxyl groups is 1. The maximum Gasteiger partial charge on any atom is 0.290 e. The van der Waals surface area contributed by atoms with Crippen molar-refractivity contribution in [2.75, 3.05) is 32.7 Å². The molecular formula is C18H26N2O3. The lowest BCUT2D eigenvalue weighted by Crippen LogP contribution is -2.57. The summed E-state index contributed by atoms with van der Waals surface area (Å²) < 4.78 is 0. The van der Waals surface area contributed by atoms with Gasteiger partial charge in [-0.25, -0.2) is 0 Å². The van der Waals surface area contributed by atoms with E-state index >= 15 is 0 Å². The lowest BCUT2D eigenvalue weighted by atomic mass is 9.98. The second-order valence-corrected chi connectivity index (χ2v) is 6.06. The molecule has 2 saturated heterocycles. The standard InChI is InChI=1S/C17H24N2O.CH2O2/c20-17-13-19(14-17)16-8-11-18(12-9-16)10-4-7-15-5-2-1-3-6-15;2-1-3/h1-7,16-17,20H,8-14H2;1H,(H,2,3)/b7-4+;. The van der Waals surface area contributed by atoms with Gasteiger partial charge in [-0.1, -0.05) is 42.5 Å². The Labute approximate surface area is 137 Å². The van der Waals surface area contributed by atoms with Crippen molar-refractivity contribution in [2.24, 2.45) is 0 Å². The lowest BCUT2D eigenvalue weighted by Gasteiger charge is -2.45. The Balaban J connectivity index is 0.000000595. The molecule has 2 aliphatic rings. The number of likely N-dealkylation sites (tertiary alicyclic amines) is 2. The SMILES string of the molecule is O=CO.OC1CN(C2CCN(C/C=C/c3ccccc3)CC2)C1. The van der Waals surface area contributed by atoms with E-state index < -0.39 is 0 Å². The van der Waals surface area contributed by atoms with E-state index in [1.807, 2.05) is 0 Å². The summed E-state index contributed by atoms with van der Waals surface area (Å²) in [6.07, 6.45) is 6.89. The summed E-state index contributed by atoms with van der Waals surface area (Å²) in [6, 6.07) is 11.2. The van der Waals surface area contributed by atoms with Crippen LogP contribution in [-0.2, 0) is 4.79 Å². The van der Waals surface area contributed by atoms with Gasteiger partial charge in [0, 0.05) is 25.7 Å². The van der Waals surface area contributed by atoms with Gasteiger partial charge in [-0.15, -0.1) is 0 Å². The molecule has 0 atom stereocenters. The van der Waals surface area contributed by atoms with Gasteiger partial charge in [-0.05, 0) is 31.5 Å². The van der Waals surface area contributed by atoms with E-state index in [2.05, 4.69) is 52.3 Å². The van der Waals surface area contributed by atoms with E-state index in [4.69, 9.17) is 9.90 Å². The Kier molecular flexibility index (Phi) is 7.26. The fourth-order valence-corrected chi connectivity index (χ4v) is 3.16. The van der Waals surface area contributed by atoms with Crippen LogP contribution in [0.2, 0.25) is 0 Å². The molecule has 1 aromatic rings. The highest BCUT2D eigenvalue weighted by molar-refractivity contribution is 5.48. The minimum atomic E-state index is -0.250. The van der Waals surface area contributed by atoms with Gasteiger partial charge >= 0.3 is 0 Å². The van der Waals surface area contributed by atoms with E-state index in [1.165, 1.54) is 31.5 Å². The third kappa shape index (κ3) is 5.78. The molecule has 2 aliphatic heterocycles. The summed E-state index contributed by atoms with van der Waals surface area (Å²) >= 11 is 0. The predicted molar refractivity (Wildman–Crippen MR) is 91.2 cm³/mol. The average Bonchev–Trinajstić information content (AvgIpc) is 2.55. The number of carboxylic acid groups (broad SMARTS) is 1. The summed E-state index contributed by atoms with van der Waals surface area (Å²) in [5.41, 5.74) is 1.27. The molecule has 3 rings (SSSR count). The molecule has 0 aromatic heterocycles. The lowest BCUT2D eigenvalue weighted by molar-refractivity contribution is -0.122. The van der Waals surface area contributed by atoms with Crippen LogP contribution in [0.5, 0.6) is 0 Å². The van der Waals surface area contributed by atoms with Gasteiger partial charge in [0.25, 0.3) is 6.47 Å². The molecular weight excluding hydrogens is 292 g/mol. The van der Waals surface area contributed by atoms with Crippen molar-refractivity contribution in [3.63, 3.8) is 0 Å². The Morgan fingerprint density at radius 3 is 2.30 bits per heavy atom. The zero-order valence-electron chi connectivity index (χ0n) is 13.4. The van der Waals surface area contributed by atoms with Crippen molar-refractivity contribution in [1.29, 1.82) is 0 Å². The van der Waals surface area contributed by atoms with Crippen LogP contribution in [-0.4, -0.2) is 71.4 Å². The molecule has 126 valence electrons. The third-order valence-corrected chi connectivity index (χ3v) is 4.44. The summed E-state index contributed by atoms with van der Waals surface area (Å²) in [5.74, 6) is 0. The van der Waals surface area contributed by atoms with Gasteiger partial charge < -0.3 is 10.2 Å². The van der Waals surface area contributed by atoms with Crippen LogP contribution >= 0.6 is 0 Å². The van der Waals surface area contributed by atoms with Gasteiger partial charge in [0.2, 0.25) is 0 Å². The minimum Gasteiger partial charge on any atom is -0.483 e. The molecule has 1 aromatic carbocycles. The van der Waals surface area contributed by atoms with Crippen LogP contribution in [0.1, 0.15) is 18.4 Å². The summed E-state index contributed by atoms with van der Waals surface area (Å²) in [4.78, 5) is 13.3. The van der Waals surface area contributed by atoms with E-state index in [1.54, 1.807) is 0 Å². The summed E-state index contributed by atoms with van der Waals surface area (Å²) in [5, 5.41) is 16.3. The first-order valence-corrected chi connectivity index (χ1v) is 8.17. The average molecular weight is 318 g/mol. The topological polar surface area (TPSA) is 64.0 Å². The fourth-order valence-electron chi connectivity index (χ4n) is 3.16. The second kappa shape index (κ2) is 9.45. The first kappa shape index (κ1) is 17.7. The number of rotatable bonds is 4. The van der Waals surface area contributed by atoms with Crippen LogP contribution in [0.4, 0.5) is 0 Å². The molecule has 0 unspecified atom stereocenters. The molecule has 2 heterocycles. The van der Waals surface area contributed by atoms with Gasteiger partial charge in [0.05, 0.1) is 6.10 Å². The number of piperidine rings is 1. The van der Waals surface area contributed by atoms with Gasteiger partial charge in [0.15, 0.2) is 0 Å². The molecule has 2 N–H and O–H groups in total. The van der Waals surface area contributed by atoms with Crippen molar-refractivity contribution >= 4 is 12.5 Å². The number of carbonyl (C=O) groups is 1. The fraction of sp³-hybridized carbons (Fsp3) is 0.500. The molecule has 0 saturated carbocycles. The van der Waals surface area contributed by atoms with E-state index in [9.17, 15) is 5.11 Å². The smallest absolute Gasteiger partial charge is 0.290 e. The van der Waals surface area contributed by atoms with Crippen LogP contribution in [0.25, 0.3) is 6.08 Å². The van der Waals surface area contributed by atoms with E-state index in [0.717, 1.165) is 19.6 Å². The minimum absolute atomic E-state index is 0.0677. The molecule has 23 heavy (non-hydrogen) atoms. The first-order chi connectivity index (χ1) is 11.2. The Hall–Kier alpha value is -1.69. The van der Waals surface area contributed by atoms with Crippen LogP contribution in [0.3, 0.4) is 0 Å². The van der Waals surface area contributed by atoms with E-state index in [0.29, 0.717) is 6.04 Å². The monoisotopic (exact) mass is 318 g/mol. The zero-order valence-corrected chi connectivity index (χ0v) is 13.4. The molecule has 0 bridgehead atoms. The molecule has 0 radical (unpaired) electrons. The normalized spacial score (nSPS) is 20.7. The van der Waals surface area contributed by atoms with Crippen LogP contribution in [0, 0.1) is 0 Å². The quantitative estimate of drug-likeness (QED) is 0.825. The number of hydrogen-bond donors (Lipinski definition) is 2. The van der Waals surface area contributed by atoms with Gasteiger partial charge in [-0.2, -0.15) is 0 Å².